The Hall–Kier alpha value is -3.90. The van der Waals surface area contributed by atoms with Crippen molar-refractivity contribution in [2.75, 3.05) is 34.9 Å². The van der Waals surface area contributed by atoms with Gasteiger partial charge in [0.2, 0.25) is 0 Å². The Morgan fingerprint density at radius 3 is 2.33 bits per heavy atom. The summed E-state index contributed by atoms with van der Waals surface area (Å²) in [6.45, 7) is 3.64. The molecule has 0 amide bonds. The normalized spacial score (nSPS) is 25.7. The molecule has 0 spiro atoms. The number of benzene rings is 3. The third-order valence-electron chi connectivity index (χ3n) is 8.19. The van der Waals surface area contributed by atoms with Gasteiger partial charge in [0, 0.05) is 23.1 Å². The van der Waals surface area contributed by atoms with Crippen molar-refractivity contribution in [3.05, 3.63) is 51.9 Å². The molecule has 6 atom stereocenters. The summed E-state index contributed by atoms with van der Waals surface area (Å²) in [5, 5.41) is 24.7. The van der Waals surface area contributed by atoms with Crippen molar-refractivity contribution < 1.29 is 43.1 Å². The van der Waals surface area contributed by atoms with E-state index in [1.807, 2.05) is 6.07 Å². The Balaban J connectivity index is 1.66. The molecule has 11 heteroatoms. The first-order chi connectivity index (χ1) is 20.0. The lowest BCUT2D eigenvalue weighted by molar-refractivity contribution is -0.212. The molecule has 0 radical (unpaired) electrons. The van der Waals surface area contributed by atoms with Crippen molar-refractivity contribution in [2.45, 2.75) is 50.4 Å². The highest BCUT2D eigenvalue weighted by Gasteiger charge is 2.47. The van der Waals surface area contributed by atoms with Crippen LogP contribution in [0, 0.1) is 0 Å². The molecule has 222 valence electrons. The monoisotopic (exact) mass is 579 g/mol. The molecule has 0 saturated carbocycles. The first kappa shape index (κ1) is 28.2. The highest BCUT2D eigenvalue weighted by atomic mass is 16.6. The second kappa shape index (κ2) is 10.4. The number of carbonyl (C=O) groups is 1. The van der Waals surface area contributed by atoms with Crippen LogP contribution in [0.4, 0.5) is 0 Å². The minimum atomic E-state index is -1.17. The lowest BCUT2D eigenvalue weighted by Gasteiger charge is -2.46. The van der Waals surface area contributed by atoms with Crippen LogP contribution >= 0.6 is 0 Å². The molecule has 2 aliphatic heterocycles. The molecule has 6 rings (SSSR count). The number of aliphatic hydroxyl groups is 1. The molecule has 6 unspecified atom stereocenters. The number of aliphatic hydroxyl groups excluding tert-OH is 1. The predicted molar refractivity (Wildman–Crippen MR) is 153 cm³/mol. The predicted octanol–water partition coefficient (Wildman–Crippen LogP) is 3.58. The van der Waals surface area contributed by atoms with E-state index in [0.29, 0.717) is 50.6 Å². The smallest absolute Gasteiger partial charge is 0.344 e. The van der Waals surface area contributed by atoms with Crippen molar-refractivity contribution in [1.82, 2.24) is 4.90 Å². The van der Waals surface area contributed by atoms with Crippen LogP contribution in [0.1, 0.15) is 37.2 Å². The number of rotatable bonds is 6. The van der Waals surface area contributed by atoms with E-state index in [4.69, 9.17) is 28.1 Å². The standard InChI is InChI=1S/C31H33NO10/c1-13-28(41-14(2)33)26(32(3)4)27(35)30(40-13)16-7-8-19(34)25-21(38-6)11-17-23-18(31(36)42-29(17)24(16)25)9-15(22-12-39-22)10-20(23)37-5/h7-11,13,22,26-28,30,34-35H,12H2,1-6H3. The minimum Gasteiger partial charge on any atom is -0.507 e. The Bertz CT molecular complexity index is 1780. The van der Waals surface area contributed by atoms with Gasteiger partial charge in [-0.2, -0.15) is 0 Å². The molecule has 4 aromatic rings. The number of hydrogen-bond acceptors (Lipinski definition) is 11. The molecule has 42 heavy (non-hydrogen) atoms. The zero-order valence-corrected chi connectivity index (χ0v) is 24.2. The molecule has 2 fully saturated rings. The van der Waals surface area contributed by atoms with Gasteiger partial charge in [0.1, 0.15) is 47.2 Å². The van der Waals surface area contributed by atoms with E-state index in [1.165, 1.54) is 27.2 Å². The van der Waals surface area contributed by atoms with Gasteiger partial charge < -0.3 is 43.2 Å². The van der Waals surface area contributed by atoms with Gasteiger partial charge in [-0.25, -0.2) is 4.79 Å². The van der Waals surface area contributed by atoms with Gasteiger partial charge in [-0.15, -0.1) is 0 Å². The maximum Gasteiger partial charge on any atom is 0.344 e. The first-order valence-corrected chi connectivity index (χ1v) is 13.7. The Morgan fingerprint density at radius 2 is 1.71 bits per heavy atom. The Kier molecular flexibility index (Phi) is 7.01. The van der Waals surface area contributed by atoms with E-state index in [0.717, 1.165) is 5.56 Å². The number of hydrogen-bond donors (Lipinski definition) is 2. The zero-order chi connectivity index (χ0) is 30.0. The molecular formula is C31H33NO10. The van der Waals surface area contributed by atoms with Crippen LogP contribution in [0.3, 0.4) is 0 Å². The van der Waals surface area contributed by atoms with Gasteiger partial charge in [0.15, 0.2) is 0 Å². The molecular weight excluding hydrogens is 546 g/mol. The minimum absolute atomic E-state index is 0.108. The number of phenols is 1. The third-order valence-corrected chi connectivity index (χ3v) is 8.19. The summed E-state index contributed by atoms with van der Waals surface area (Å²) in [5.74, 6) is 0.184. The highest BCUT2D eigenvalue weighted by Crippen LogP contribution is 2.48. The second-order valence-electron chi connectivity index (χ2n) is 11.0. The van der Waals surface area contributed by atoms with Crippen LogP contribution in [0.5, 0.6) is 17.2 Å². The molecule has 3 heterocycles. The van der Waals surface area contributed by atoms with Crippen molar-refractivity contribution in [2.24, 2.45) is 0 Å². The molecule has 1 aromatic heterocycles. The molecule has 0 bridgehead atoms. The number of epoxide rings is 1. The van der Waals surface area contributed by atoms with E-state index in [-0.39, 0.29) is 17.4 Å². The maximum absolute atomic E-state index is 13.5. The van der Waals surface area contributed by atoms with Crippen molar-refractivity contribution in [3.8, 4) is 17.2 Å². The number of fused-ring (bicyclic) bond motifs is 5. The Labute approximate surface area is 241 Å². The SMILES string of the molecule is COc1cc2c(oc(=O)c3cc(C4CO4)cc(OC)c32)c2c(C3OC(C)C(OC(C)=O)C(N(C)C)C3O)ccc(O)c12. The number of aromatic hydroxyl groups is 1. The molecule has 0 aliphatic carbocycles. The van der Waals surface area contributed by atoms with Gasteiger partial charge in [-0.3, -0.25) is 4.79 Å². The van der Waals surface area contributed by atoms with Crippen molar-refractivity contribution in [3.63, 3.8) is 0 Å². The number of phenolic OH excluding ortho intramolecular Hbond substituents is 1. The van der Waals surface area contributed by atoms with Crippen LogP contribution < -0.4 is 15.1 Å². The van der Waals surface area contributed by atoms with Crippen LogP contribution in [-0.2, 0) is 19.0 Å². The van der Waals surface area contributed by atoms with Crippen LogP contribution in [0.15, 0.2) is 39.5 Å². The first-order valence-electron chi connectivity index (χ1n) is 13.7. The van der Waals surface area contributed by atoms with Gasteiger partial charge in [-0.1, -0.05) is 6.07 Å². The van der Waals surface area contributed by atoms with Crippen LogP contribution in [0.2, 0.25) is 0 Å². The Morgan fingerprint density at radius 1 is 1.02 bits per heavy atom. The van der Waals surface area contributed by atoms with E-state index in [2.05, 4.69) is 0 Å². The average molecular weight is 580 g/mol. The lowest BCUT2D eigenvalue weighted by atomic mass is 9.86. The van der Waals surface area contributed by atoms with Crippen molar-refractivity contribution >= 4 is 38.5 Å². The summed E-state index contributed by atoms with van der Waals surface area (Å²) >= 11 is 0. The number of nitrogens with zero attached hydrogens (tertiary/aromatic N) is 1. The van der Waals surface area contributed by atoms with E-state index in [9.17, 15) is 19.8 Å². The molecule has 2 saturated heterocycles. The van der Waals surface area contributed by atoms with E-state index in [1.54, 1.807) is 44.1 Å². The van der Waals surface area contributed by atoms with E-state index < -0.39 is 42.1 Å². The molecule has 2 N–H and O–H groups in total. The van der Waals surface area contributed by atoms with E-state index >= 15 is 0 Å². The second-order valence-corrected chi connectivity index (χ2v) is 11.0. The number of methoxy groups -OCH3 is 2. The summed E-state index contributed by atoms with van der Waals surface area (Å²) in [5.41, 5.74) is 0.846. The average Bonchev–Trinajstić information content (AvgIpc) is 3.80. The molecule has 11 nitrogen and oxygen atoms in total. The summed E-state index contributed by atoms with van der Waals surface area (Å²) in [6.07, 6.45) is -3.58. The van der Waals surface area contributed by atoms with Gasteiger partial charge in [0.25, 0.3) is 0 Å². The number of ether oxygens (including phenoxy) is 5. The van der Waals surface area contributed by atoms with Crippen LogP contribution in [-0.4, -0.2) is 80.4 Å². The fourth-order valence-corrected chi connectivity index (χ4v) is 6.26. The fraction of sp³-hybridized carbons (Fsp3) is 0.419. The summed E-state index contributed by atoms with van der Waals surface area (Å²) in [4.78, 5) is 27.2. The fourth-order valence-electron chi connectivity index (χ4n) is 6.26. The quantitative estimate of drug-likeness (QED) is 0.150. The number of carbonyl (C=O) groups excluding carboxylic acids is 1. The van der Waals surface area contributed by atoms with Gasteiger partial charge in [-0.05, 0) is 56.4 Å². The topological polar surface area (TPSA) is 140 Å². The zero-order valence-electron chi connectivity index (χ0n) is 24.2. The summed E-state index contributed by atoms with van der Waals surface area (Å²) in [6, 6.07) is 7.77. The van der Waals surface area contributed by atoms with Gasteiger partial charge >= 0.3 is 11.6 Å². The molecule has 2 aliphatic rings. The lowest BCUT2D eigenvalue weighted by Crippen LogP contribution is -2.60. The number of esters is 1. The molecule has 3 aromatic carbocycles. The maximum atomic E-state index is 13.5. The number of likely N-dealkylation sites (N-methyl/N-ethyl adjacent to an activating group) is 1. The van der Waals surface area contributed by atoms with Gasteiger partial charge in [0.05, 0.1) is 43.7 Å². The van der Waals surface area contributed by atoms with Crippen molar-refractivity contribution in [1.29, 1.82) is 0 Å². The highest BCUT2D eigenvalue weighted by molar-refractivity contribution is 6.19. The summed E-state index contributed by atoms with van der Waals surface area (Å²) in [7, 11) is 6.57. The summed E-state index contributed by atoms with van der Waals surface area (Å²) < 4.78 is 34.8. The third kappa shape index (κ3) is 4.44. The largest absolute Gasteiger partial charge is 0.507 e. The van der Waals surface area contributed by atoms with Crippen LogP contribution in [0.25, 0.3) is 32.5 Å².